The second-order valence-electron chi connectivity index (χ2n) is 11.1. The third-order valence-corrected chi connectivity index (χ3v) is 8.33. The van der Waals surface area contributed by atoms with Gasteiger partial charge in [0.1, 0.15) is 24.2 Å². The fourth-order valence-electron chi connectivity index (χ4n) is 6.22. The summed E-state index contributed by atoms with van der Waals surface area (Å²) in [7, 11) is 0. The number of benzene rings is 1. The van der Waals surface area contributed by atoms with E-state index in [1.165, 1.54) is 4.90 Å². The van der Waals surface area contributed by atoms with Gasteiger partial charge in [0.2, 0.25) is 11.8 Å². The van der Waals surface area contributed by atoms with Gasteiger partial charge < -0.3 is 19.1 Å². The van der Waals surface area contributed by atoms with Crippen LogP contribution >= 0.6 is 0 Å². The number of nitrogens with one attached hydrogen (secondary N) is 1. The van der Waals surface area contributed by atoms with Crippen LogP contribution in [0.5, 0.6) is 5.75 Å². The van der Waals surface area contributed by atoms with Gasteiger partial charge in [-0.25, -0.2) is 0 Å². The zero-order valence-electron chi connectivity index (χ0n) is 23.4. The molecule has 11 nitrogen and oxygen atoms in total. The third-order valence-electron chi connectivity index (χ3n) is 8.33. The summed E-state index contributed by atoms with van der Waals surface area (Å²) in [4.78, 5) is 54.1. The Kier molecular flexibility index (Phi) is 6.88. The lowest BCUT2D eigenvalue weighted by Crippen LogP contribution is -2.52. The van der Waals surface area contributed by atoms with Crippen LogP contribution in [0.1, 0.15) is 75.5 Å². The van der Waals surface area contributed by atoms with Crippen LogP contribution in [-0.2, 0) is 16.1 Å². The Balaban J connectivity index is 1.15. The highest BCUT2D eigenvalue weighted by Crippen LogP contribution is 2.31. The first-order valence-corrected chi connectivity index (χ1v) is 14.0. The number of aryl methyl sites for hydroxylation is 2. The minimum Gasteiger partial charge on any atom is -0.491 e. The molecule has 11 heteroatoms. The molecule has 2 aromatic heterocycles. The van der Waals surface area contributed by atoms with Gasteiger partial charge >= 0.3 is 0 Å². The Morgan fingerprint density at radius 2 is 1.93 bits per heavy atom. The predicted octanol–water partition coefficient (Wildman–Crippen LogP) is 3.23. The van der Waals surface area contributed by atoms with Crippen molar-refractivity contribution in [2.45, 2.75) is 71.5 Å². The molecular formula is C30H33N5O6. The van der Waals surface area contributed by atoms with Gasteiger partial charge in [0, 0.05) is 42.5 Å². The van der Waals surface area contributed by atoms with Crippen molar-refractivity contribution >= 4 is 23.6 Å². The maximum absolute atomic E-state index is 13.8. The summed E-state index contributed by atoms with van der Waals surface area (Å²) in [6.07, 6.45) is 3.31. The molecule has 214 valence electrons. The number of amides is 4. The number of fused-ring (bicyclic) bond motifs is 1. The molecule has 0 spiro atoms. The summed E-state index contributed by atoms with van der Waals surface area (Å²) >= 11 is 0. The van der Waals surface area contributed by atoms with Gasteiger partial charge in [-0.1, -0.05) is 5.16 Å². The molecule has 0 radical (unpaired) electrons. The van der Waals surface area contributed by atoms with E-state index in [2.05, 4.69) is 10.5 Å². The lowest BCUT2D eigenvalue weighted by molar-refractivity contribution is -0.136. The van der Waals surface area contributed by atoms with E-state index in [1.54, 1.807) is 12.1 Å². The molecule has 4 amide bonds. The van der Waals surface area contributed by atoms with Crippen LogP contribution < -0.4 is 10.1 Å². The zero-order chi connectivity index (χ0) is 28.8. The monoisotopic (exact) mass is 559 g/mol. The third kappa shape index (κ3) is 4.89. The number of imide groups is 1. The highest BCUT2D eigenvalue weighted by atomic mass is 16.5. The normalized spacial score (nSPS) is 20.8. The van der Waals surface area contributed by atoms with Gasteiger partial charge in [-0.2, -0.15) is 0 Å². The SMILES string of the molecule is Cc1cc(-n2c(C)cc(C(=O)N3CCCC[C@H]3COc3ccc4c(c3)CN(C3CCC(=O)NC3=O)C4=O)c2C)no1. The minimum atomic E-state index is -0.658. The minimum absolute atomic E-state index is 0.0303. The summed E-state index contributed by atoms with van der Waals surface area (Å²) in [5, 5.41) is 6.45. The fourth-order valence-corrected chi connectivity index (χ4v) is 6.22. The second kappa shape index (κ2) is 10.5. The lowest BCUT2D eigenvalue weighted by atomic mass is 10.0. The molecule has 1 aromatic carbocycles. The number of likely N-dealkylation sites (tertiary alicyclic amines) is 1. The average molecular weight is 560 g/mol. The molecule has 1 unspecified atom stereocenters. The standard InChI is InChI=1S/C30H33N5O6/c1-17-12-24(19(3)35(17)26-13-18(2)41-32-26)30(39)33-11-5-4-6-21(33)16-40-22-7-8-23-20(14-22)15-34(29(23)38)25-9-10-27(36)31-28(25)37/h7-8,12-14,21,25H,4-6,9-11,15-16H2,1-3H3,(H,31,36,37)/t21-,25?/m0/s1. The number of carbonyl (C=O) groups is 4. The molecule has 3 aliphatic rings. The molecule has 1 N–H and O–H groups in total. The summed E-state index contributed by atoms with van der Waals surface area (Å²) in [6, 6.07) is 8.32. The van der Waals surface area contributed by atoms with Crippen LogP contribution in [0.2, 0.25) is 0 Å². The Bertz CT molecular complexity index is 1550. The van der Waals surface area contributed by atoms with Gasteiger partial charge in [0.15, 0.2) is 5.82 Å². The molecule has 5 heterocycles. The molecule has 2 fully saturated rings. The van der Waals surface area contributed by atoms with E-state index >= 15 is 0 Å². The van der Waals surface area contributed by atoms with Crippen molar-refractivity contribution < 1.29 is 28.4 Å². The molecule has 6 rings (SSSR count). The van der Waals surface area contributed by atoms with E-state index < -0.39 is 11.9 Å². The maximum atomic E-state index is 13.8. The molecule has 2 atom stereocenters. The van der Waals surface area contributed by atoms with Crippen molar-refractivity contribution in [3.8, 4) is 11.6 Å². The van der Waals surface area contributed by atoms with E-state index in [-0.39, 0.29) is 36.7 Å². The smallest absolute Gasteiger partial charge is 0.256 e. The number of piperidine rings is 2. The Morgan fingerprint density at radius 3 is 2.68 bits per heavy atom. The van der Waals surface area contributed by atoms with Crippen LogP contribution in [0.3, 0.4) is 0 Å². The van der Waals surface area contributed by atoms with Crippen molar-refractivity contribution in [2.75, 3.05) is 13.2 Å². The maximum Gasteiger partial charge on any atom is 0.256 e. The van der Waals surface area contributed by atoms with Gasteiger partial charge in [-0.15, -0.1) is 0 Å². The molecule has 0 bridgehead atoms. The second-order valence-corrected chi connectivity index (χ2v) is 11.1. The summed E-state index contributed by atoms with van der Waals surface area (Å²) in [5.41, 5.74) is 3.68. The number of carbonyl (C=O) groups excluding carboxylic acids is 4. The van der Waals surface area contributed by atoms with Crippen LogP contribution in [-0.4, -0.2) is 68.4 Å². The Morgan fingerprint density at radius 1 is 1.10 bits per heavy atom. The highest BCUT2D eigenvalue weighted by Gasteiger charge is 2.39. The van der Waals surface area contributed by atoms with Crippen molar-refractivity contribution in [3.63, 3.8) is 0 Å². The number of rotatable bonds is 6. The number of ether oxygens (including phenoxy) is 1. The van der Waals surface area contributed by atoms with Crippen molar-refractivity contribution in [3.05, 3.63) is 64.2 Å². The number of hydrogen-bond acceptors (Lipinski definition) is 7. The molecule has 3 aliphatic heterocycles. The first-order chi connectivity index (χ1) is 19.7. The van der Waals surface area contributed by atoms with Crippen LogP contribution in [0, 0.1) is 20.8 Å². The Hall–Kier alpha value is -4.41. The average Bonchev–Trinajstić information content (AvgIpc) is 3.61. The first-order valence-electron chi connectivity index (χ1n) is 14.0. The van der Waals surface area contributed by atoms with Crippen molar-refractivity contribution in [1.82, 2.24) is 24.8 Å². The molecular weight excluding hydrogens is 526 g/mol. The highest BCUT2D eigenvalue weighted by molar-refractivity contribution is 6.05. The summed E-state index contributed by atoms with van der Waals surface area (Å²) in [6.45, 7) is 6.97. The molecule has 3 aromatic rings. The fraction of sp³-hybridized carbons (Fsp3) is 0.433. The number of aromatic nitrogens is 2. The van der Waals surface area contributed by atoms with Crippen molar-refractivity contribution in [2.24, 2.45) is 0 Å². The predicted molar refractivity (Wildman–Crippen MR) is 147 cm³/mol. The molecule has 0 aliphatic carbocycles. The van der Waals surface area contributed by atoms with Crippen LogP contribution in [0.15, 0.2) is 34.9 Å². The largest absolute Gasteiger partial charge is 0.491 e. The van der Waals surface area contributed by atoms with E-state index in [9.17, 15) is 19.2 Å². The zero-order valence-corrected chi connectivity index (χ0v) is 23.4. The van der Waals surface area contributed by atoms with Gasteiger partial charge in [-0.3, -0.25) is 29.1 Å². The lowest BCUT2D eigenvalue weighted by Gasteiger charge is -2.35. The van der Waals surface area contributed by atoms with Crippen LogP contribution in [0.25, 0.3) is 5.82 Å². The first kappa shape index (κ1) is 26.8. The topological polar surface area (TPSA) is 127 Å². The summed E-state index contributed by atoms with van der Waals surface area (Å²) in [5.74, 6) is 0.974. The Labute approximate surface area is 237 Å². The summed E-state index contributed by atoms with van der Waals surface area (Å²) < 4.78 is 13.4. The van der Waals surface area contributed by atoms with Crippen LogP contribution in [0.4, 0.5) is 0 Å². The van der Waals surface area contributed by atoms with E-state index in [1.807, 2.05) is 48.4 Å². The molecule has 41 heavy (non-hydrogen) atoms. The molecule has 2 saturated heterocycles. The van der Waals surface area contributed by atoms with E-state index in [0.29, 0.717) is 48.0 Å². The van der Waals surface area contributed by atoms with E-state index in [4.69, 9.17) is 9.26 Å². The number of hydrogen-bond donors (Lipinski definition) is 1. The quantitative estimate of drug-likeness (QED) is 0.460. The van der Waals surface area contributed by atoms with Gasteiger partial charge in [0.05, 0.1) is 11.6 Å². The van der Waals surface area contributed by atoms with Crippen molar-refractivity contribution in [1.29, 1.82) is 0 Å². The number of nitrogens with zero attached hydrogens (tertiary/aromatic N) is 4. The van der Waals surface area contributed by atoms with E-state index in [0.717, 1.165) is 36.2 Å². The van der Waals surface area contributed by atoms with Gasteiger partial charge in [-0.05, 0) is 76.3 Å². The molecule has 0 saturated carbocycles. The van der Waals surface area contributed by atoms with Gasteiger partial charge in [0.25, 0.3) is 11.8 Å².